The zero-order chi connectivity index (χ0) is 16.2. The van der Waals surface area contributed by atoms with Crippen LogP contribution in [-0.2, 0) is 23.3 Å². The Morgan fingerprint density at radius 2 is 1.23 bits per heavy atom. The number of rotatable bonds is 6. The van der Waals surface area contributed by atoms with Gasteiger partial charge in [0.15, 0.2) is 0 Å². The molecule has 0 aliphatic carbocycles. The normalized spacial score (nSPS) is 11.8. The summed E-state index contributed by atoms with van der Waals surface area (Å²) >= 11 is 0. The highest BCUT2D eigenvalue weighted by Crippen LogP contribution is 2.37. The highest BCUT2D eigenvalue weighted by Gasteiger charge is 2.24. The summed E-state index contributed by atoms with van der Waals surface area (Å²) in [5.41, 5.74) is 0.783. The van der Waals surface area contributed by atoms with Gasteiger partial charge >= 0.3 is 0 Å². The van der Waals surface area contributed by atoms with Crippen molar-refractivity contribution < 1.29 is 23.2 Å². The first-order valence-electron chi connectivity index (χ1n) is 6.56. The molecule has 0 atom stereocenters. The molecule has 5 nitrogen and oxygen atoms in total. The Labute approximate surface area is 130 Å². The van der Waals surface area contributed by atoms with Crippen molar-refractivity contribution in [2.24, 2.45) is 0 Å². The lowest BCUT2D eigenvalue weighted by molar-refractivity contribution is 0.283. The molecule has 0 saturated carbocycles. The van der Waals surface area contributed by atoms with Crippen LogP contribution in [0.25, 0.3) is 0 Å². The van der Waals surface area contributed by atoms with Crippen LogP contribution in [-0.4, -0.2) is 28.7 Å². The molecule has 7 heteroatoms. The molecule has 0 radical (unpaired) electrons. The Balaban J connectivity index is 2.61. The van der Waals surface area contributed by atoms with Gasteiger partial charge in [-0.05, 0) is 29.7 Å². The standard InChI is InChI=1S/C15H17O5PS/c16-9-12-5-1-3-7-14(12)21(11-22(18,19)20)15-8-4-2-6-13(15)10-17/h1-8,16-17H,9-11H2,(H,18,19,20). The first-order chi connectivity index (χ1) is 10.5. The van der Waals surface area contributed by atoms with Crippen LogP contribution >= 0.6 is 7.92 Å². The van der Waals surface area contributed by atoms with Gasteiger partial charge in [-0.2, -0.15) is 8.42 Å². The number of aliphatic hydroxyl groups excluding tert-OH is 2. The molecule has 118 valence electrons. The molecule has 0 aliphatic heterocycles. The van der Waals surface area contributed by atoms with Crippen LogP contribution < -0.4 is 10.6 Å². The van der Waals surface area contributed by atoms with E-state index in [0.29, 0.717) is 21.7 Å². The summed E-state index contributed by atoms with van der Waals surface area (Å²) in [6, 6.07) is 14.0. The van der Waals surface area contributed by atoms with E-state index >= 15 is 0 Å². The first kappa shape index (κ1) is 17.1. The molecule has 0 amide bonds. The molecule has 0 unspecified atom stereocenters. The molecule has 2 rings (SSSR count). The minimum absolute atomic E-state index is 0.220. The molecule has 3 N–H and O–H groups in total. The second-order valence-electron chi connectivity index (χ2n) is 4.71. The van der Waals surface area contributed by atoms with E-state index in [4.69, 9.17) is 0 Å². The molecule has 0 bridgehead atoms. The Hall–Kier alpha value is -1.30. The Bertz CT molecular complexity index is 698. The fourth-order valence-corrected chi connectivity index (χ4v) is 6.44. The smallest absolute Gasteiger partial charge is 0.269 e. The molecule has 0 saturated heterocycles. The van der Waals surface area contributed by atoms with Crippen molar-refractivity contribution >= 4 is 28.6 Å². The number of aliphatic hydroxyl groups is 2. The number of hydrogen-bond donors (Lipinski definition) is 3. The molecule has 0 fully saturated rings. The molecule has 0 aromatic heterocycles. The summed E-state index contributed by atoms with van der Waals surface area (Å²) in [4.78, 5) is 0. The van der Waals surface area contributed by atoms with Crippen LogP contribution in [0.15, 0.2) is 48.5 Å². The third kappa shape index (κ3) is 4.12. The van der Waals surface area contributed by atoms with Gasteiger partial charge in [0.2, 0.25) is 0 Å². The van der Waals surface area contributed by atoms with Crippen LogP contribution in [0.1, 0.15) is 11.1 Å². The van der Waals surface area contributed by atoms with Crippen molar-refractivity contribution in [2.75, 3.05) is 5.49 Å². The Morgan fingerprint density at radius 3 is 1.59 bits per heavy atom. The lowest BCUT2D eigenvalue weighted by Crippen LogP contribution is -2.23. The quantitative estimate of drug-likeness (QED) is 0.538. The van der Waals surface area contributed by atoms with Gasteiger partial charge in [0.05, 0.1) is 13.2 Å². The largest absolute Gasteiger partial charge is 0.392 e. The second kappa shape index (κ2) is 7.31. The molecule has 2 aromatic carbocycles. The maximum atomic E-state index is 11.4. The van der Waals surface area contributed by atoms with E-state index in [-0.39, 0.29) is 13.2 Å². The van der Waals surface area contributed by atoms with E-state index in [0.717, 1.165) is 0 Å². The molecule has 0 spiro atoms. The minimum Gasteiger partial charge on any atom is -0.392 e. The van der Waals surface area contributed by atoms with Gasteiger partial charge in [-0.25, -0.2) is 0 Å². The van der Waals surface area contributed by atoms with Gasteiger partial charge in [-0.1, -0.05) is 48.5 Å². The summed E-state index contributed by atoms with van der Waals surface area (Å²) < 4.78 is 32.2. The molecular formula is C15H17O5PS. The lowest BCUT2D eigenvalue weighted by atomic mass is 10.2. The highest BCUT2D eigenvalue weighted by atomic mass is 32.2. The summed E-state index contributed by atoms with van der Waals surface area (Å²) in [5, 5.41) is 20.3. The Kier molecular flexibility index (Phi) is 5.67. The second-order valence-corrected chi connectivity index (χ2v) is 8.73. The predicted octanol–water partition coefficient (Wildman–Crippen LogP) is 0.949. The monoisotopic (exact) mass is 340 g/mol. The van der Waals surface area contributed by atoms with Gasteiger partial charge in [0, 0.05) is 0 Å². The third-order valence-electron chi connectivity index (χ3n) is 3.20. The molecule has 2 aromatic rings. The van der Waals surface area contributed by atoms with Crippen molar-refractivity contribution in [1.82, 2.24) is 0 Å². The topological polar surface area (TPSA) is 94.8 Å². The van der Waals surface area contributed by atoms with Crippen molar-refractivity contribution in [2.45, 2.75) is 13.2 Å². The van der Waals surface area contributed by atoms with E-state index in [1.807, 2.05) is 0 Å². The average molecular weight is 340 g/mol. The van der Waals surface area contributed by atoms with Gasteiger partial charge in [-0.15, -0.1) is 0 Å². The maximum absolute atomic E-state index is 11.4. The fraction of sp³-hybridized carbons (Fsp3) is 0.200. The van der Waals surface area contributed by atoms with E-state index in [2.05, 4.69) is 0 Å². The zero-order valence-electron chi connectivity index (χ0n) is 11.8. The summed E-state index contributed by atoms with van der Waals surface area (Å²) in [6.45, 7) is -0.441. The third-order valence-corrected chi connectivity index (χ3v) is 7.57. The van der Waals surface area contributed by atoms with Gasteiger partial charge in [-0.3, -0.25) is 4.55 Å². The minimum atomic E-state index is -4.20. The molecule has 22 heavy (non-hydrogen) atoms. The van der Waals surface area contributed by atoms with E-state index in [1.165, 1.54) is 0 Å². The van der Waals surface area contributed by atoms with Crippen LogP contribution in [0.3, 0.4) is 0 Å². The van der Waals surface area contributed by atoms with Crippen molar-refractivity contribution in [3.8, 4) is 0 Å². The maximum Gasteiger partial charge on any atom is 0.269 e. The summed E-state index contributed by atoms with van der Waals surface area (Å²) in [5.74, 6) is 0. The van der Waals surface area contributed by atoms with Crippen LogP contribution in [0.4, 0.5) is 0 Å². The molecular weight excluding hydrogens is 323 g/mol. The van der Waals surface area contributed by atoms with Crippen LogP contribution in [0.5, 0.6) is 0 Å². The molecule has 0 heterocycles. The molecule has 0 aliphatic rings. The van der Waals surface area contributed by atoms with Crippen molar-refractivity contribution in [3.05, 3.63) is 59.7 Å². The Morgan fingerprint density at radius 1 is 0.818 bits per heavy atom. The van der Waals surface area contributed by atoms with E-state index in [9.17, 15) is 23.2 Å². The van der Waals surface area contributed by atoms with E-state index in [1.54, 1.807) is 48.5 Å². The average Bonchev–Trinajstić information content (AvgIpc) is 2.51. The summed E-state index contributed by atoms with van der Waals surface area (Å²) in [7, 11) is -5.65. The van der Waals surface area contributed by atoms with Crippen LogP contribution in [0, 0.1) is 0 Å². The van der Waals surface area contributed by atoms with Crippen molar-refractivity contribution in [3.63, 3.8) is 0 Å². The van der Waals surface area contributed by atoms with Crippen LogP contribution in [0.2, 0.25) is 0 Å². The van der Waals surface area contributed by atoms with Gasteiger partial charge < -0.3 is 10.2 Å². The van der Waals surface area contributed by atoms with Gasteiger partial charge in [0.1, 0.15) is 5.49 Å². The summed E-state index contributed by atoms with van der Waals surface area (Å²) in [6.07, 6.45) is 0. The zero-order valence-corrected chi connectivity index (χ0v) is 13.5. The van der Waals surface area contributed by atoms with E-state index < -0.39 is 23.5 Å². The number of hydrogen-bond acceptors (Lipinski definition) is 4. The highest BCUT2D eigenvalue weighted by molar-refractivity contribution is 7.96. The van der Waals surface area contributed by atoms with Crippen molar-refractivity contribution in [1.29, 1.82) is 0 Å². The predicted molar refractivity (Wildman–Crippen MR) is 87.3 cm³/mol. The number of benzene rings is 2. The fourth-order valence-electron chi connectivity index (χ4n) is 2.25. The first-order valence-corrected chi connectivity index (χ1v) is 9.70. The SMILES string of the molecule is O=S(=O)(O)CP(c1ccccc1CO)c1ccccc1CO. The lowest BCUT2D eigenvalue weighted by Gasteiger charge is -2.22. The van der Waals surface area contributed by atoms with Gasteiger partial charge in [0.25, 0.3) is 10.1 Å².